The van der Waals surface area contributed by atoms with E-state index >= 15 is 0 Å². The van der Waals surface area contributed by atoms with E-state index in [2.05, 4.69) is 0 Å². The molecule has 0 aromatic rings. The fourth-order valence-corrected chi connectivity index (χ4v) is 4.80. The summed E-state index contributed by atoms with van der Waals surface area (Å²) in [6.07, 6.45) is 5.93. The van der Waals surface area contributed by atoms with E-state index in [0.29, 0.717) is 25.7 Å². The van der Waals surface area contributed by atoms with E-state index in [0.717, 1.165) is 32.1 Å². The monoisotopic (exact) mass is 382 g/mol. The molecule has 2 aliphatic carbocycles. The molecule has 27 heavy (non-hydrogen) atoms. The first-order valence-electron chi connectivity index (χ1n) is 10.7. The van der Waals surface area contributed by atoms with Crippen LogP contribution in [0.15, 0.2) is 0 Å². The van der Waals surface area contributed by atoms with Gasteiger partial charge < -0.3 is 4.74 Å². The molecule has 0 aromatic carbocycles. The van der Waals surface area contributed by atoms with Crippen LogP contribution in [0, 0.1) is 29.6 Å². The second kappa shape index (κ2) is 10.3. The molecule has 154 valence electrons. The van der Waals surface area contributed by atoms with Gasteiger partial charge in [0.25, 0.3) is 0 Å². The van der Waals surface area contributed by atoms with Crippen molar-refractivity contribution in [2.75, 3.05) is 6.61 Å². The second-order valence-corrected chi connectivity index (χ2v) is 8.56. The van der Waals surface area contributed by atoms with Gasteiger partial charge in [-0.05, 0) is 51.4 Å². The van der Waals surface area contributed by atoms with Crippen molar-refractivity contribution in [2.24, 2.45) is 29.6 Å². The lowest BCUT2D eigenvalue weighted by atomic mass is 9.66. The molecule has 2 unspecified atom stereocenters. The Hall–Kier alpha value is -1.26. The van der Waals surface area contributed by atoms with E-state index in [-0.39, 0.29) is 35.9 Å². The highest BCUT2D eigenvalue weighted by Crippen LogP contribution is 2.40. The van der Waals surface area contributed by atoms with Gasteiger partial charge in [-0.25, -0.2) is 4.39 Å². The highest BCUT2D eigenvalue weighted by molar-refractivity contribution is 6.04. The normalized spacial score (nSPS) is 26.4. The molecule has 0 aromatic heterocycles. The predicted octanol–water partition coefficient (Wildman–Crippen LogP) is 4.68. The molecule has 4 nitrogen and oxygen atoms in total. The van der Waals surface area contributed by atoms with Crippen molar-refractivity contribution in [2.45, 2.75) is 84.7 Å². The molecule has 2 saturated carbocycles. The summed E-state index contributed by atoms with van der Waals surface area (Å²) in [5, 5.41) is 0. The molecular weight excluding hydrogens is 347 g/mol. The molecule has 0 amide bonds. The van der Waals surface area contributed by atoms with E-state index in [1.165, 1.54) is 0 Å². The number of esters is 1. The molecular formula is C22H35FO4. The maximum atomic E-state index is 13.6. The molecule has 0 heterocycles. The Kier molecular flexibility index (Phi) is 8.43. The number of carbonyl (C=O) groups excluding carboxylic acids is 3. The number of halogens is 1. The van der Waals surface area contributed by atoms with Gasteiger partial charge in [0, 0.05) is 17.8 Å². The molecule has 2 fully saturated rings. The molecule has 0 saturated heterocycles. The average molecular weight is 383 g/mol. The van der Waals surface area contributed by atoms with E-state index in [4.69, 9.17) is 4.74 Å². The first-order valence-corrected chi connectivity index (χ1v) is 10.7. The Bertz CT molecular complexity index is 516. The number of hydrogen-bond acceptors (Lipinski definition) is 4. The summed E-state index contributed by atoms with van der Waals surface area (Å²) < 4.78 is 18.8. The number of alkyl halides is 1. The third-order valence-electron chi connectivity index (χ3n) is 6.32. The van der Waals surface area contributed by atoms with E-state index in [1.807, 2.05) is 0 Å². The maximum Gasteiger partial charge on any atom is 0.317 e. The summed E-state index contributed by atoms with van der Waals surface area (Å²) in [5.74, 6) is -2.90. The minimum Gasteiger partial charge on any atom is -0.465 e. The Balaban J connectivity index is 2.33. The Morgan fingerprint density at radius 1 is 0.963 bits per heavy atom. The lowest BCUT2D eigenvalue weighted by molar-refractivity contribution is -0.160. The molecule has 5 heteroatoms. The van der Waals surface area contributed by atoms with Crippen LogP contribution in [0.4, 0.5) is 4.39 Å². The van der Waals surface area contributed by atoms with Gasteiger partial charge in [0.15, 0.2) is 0 Å². The predicted molar refractivity (Wildman–Crippen MR) is 102 cm³/mol. The summed E-state index contributed by atoms with van der Waals surface area (Å²) in [4.78, 5) is 39.2. The SMILES string of the molecule is CCOC(=O)C(C(=O)C(C)C)C(C(=O)C1CCC(F)CC1)C1CCCCC1. The van der Waals surface area contributed by atoms with E-state index < -0.39 is 24.0 Å². The van der Waals surface area contributed by atoms with E-state index in [1.54, 1.807) is 20.8 Å². The first-order chi connectivity index (χ1) is 12.9. The highest BCUT2D eigenvalue weighted by Gasteiger charge is 2.47. The summed E-state index contributed by atoms with van der Waals surface area (Å²) in [5.41, 5.74) is 0. The Morgan fingerprint density at radius 2 is 1.56 bits per heavy atom. The number of hydrogen-bond donors (Lipinski definition) is 0. The van der Waals surface area contributed by atoms with Crippen LogP contribution in [0.1, 0.15) is 78.6 Å². The molecule has 0 aliphatic heterocycles. The quantitative estimate of drug-likeness (QED) is 0.451. The fraction of sp³-hybridized carbons (Fsp3) is 0.864. The third kappa shape index (κ3) is 5.61. The number of rotatable bonds is 8. The summed E-state index contributed by atoms with van der Waals surface area (Å²) in [6, 6.07) is 0. The zero-order valence-corrected chi connectivity index (χ0v) is 17.0. The van der Waals surface area contributed by atoms with Gasteiger partial charge in [0.05, 0.1) is 6.61 Å². The van der Waals surface area contributed by atoms with Crippen LogP contribution in [0.3, 0.4) is 0 Å². The average Bonchev–Trinajstić information content (AvgIpc) is 2.66. The van der Waals surface area contributed by atoms with Crippen molar-refractivity contribution in [3.05, 3.63) is 0 Å². The topological polar surface area (TPSA) is 60.4 Å². The van der Waals surface area contributed by atoms with Crippen molar-refractivity contribution >= 4 is 17.5 Å². The van der Waals surface area contributed by atoms with Gasteiger partial charge in [0.2, 0.25) is 0 Å². The molecule has 2 atom stereocenters. The minimum atomic E-state index is -1.01. The Labute approximate surface area is 162 Å². The third-order valence-corrected chi connectivity index (χ3v) is 6.32. The van der Waals surface area contributed by atoms with Gasteiger partial charge in [-0.2, -0.15) is 0 Å². The van der Waals surface area contributed by atoms with Crippen LogP contribution in [0.2, 0.25) is 0 Å². The molecule has 0 spiro atoms. The smallest absolute Gasteiger partial charge is 0.317 e. The molecule has 2 rings (SSSR count). The molecule has 2 aliphatic rings. The van der Waals surface area contributed by atoms with Gasteiger partial charge in [-0.1, -0.05) is 33.1 Å². The first kappa shape index (κ1) is 22.0. The van der Waals surface area contributed by atoms with Gasteiger partial charge >= 0.3 is 5.97 Å². The summed E-state index contributed by atoms with van der Waals surface area (Å²) in [6.45, 7) is 5.45. The van der Waals surface area contributed by atoms with Gasteiger partial charge in [-0.3, -0.25) is 14.4 Å². The van der Waals surface area contributed by atoms with Crippen molar-refractivity contribution < 1.29 is 23.5 Å². The van der Waals surface area contributed by atoms with Crippen LogP contribution in [0.25, 0.3) is 0 Å². The van der Waals surface area contributed by atoms with Crippen LogP contribution in [-0.2, 0) is 19.1 Å². The Morgan fingerprint density at radius 3 is 2.07 bits per heavy atom. The number of ether oxygens (including phenoxy) is 1. The number of ketones is 2. The molecule has 0 radical (unpaired) electrons. The lowest BCUT2D eigenvalue weighted by Gasteiger charge is -2.36. The standard InChI is InChI=1S/C22H35FO4/c1-4-27-22(26)19(20(24)14(2)3)18(15-8-6-5-7-9-15)21(25)16-10-12-17(23)13-11-16/h14-19H,4-13H2,1-3H3. The fourth-order valence-electron chi connectivity index (χ4n) is 4.80. The van der Waals surface area contributed by atoms with Gasteiger partial charge in [0.1, 0.15) is 23.7 Å². The van der Waals surface area contributed by atoms with Crippen molar-refractivity contribution in [1.29, 1.82) is 0 Å². The molecule has 0 bridgehead atoms. The van der Waals surface area contributed by atoms with Crippen LogP contribution < -0.4 is 0 Å². The van der Waals surface area contributed by atoms with Crippen molar-refractivity contribution in [3.8, 4) is 0 Å². The lowest BCUT2D eigenvalue weighted by Crippen LogP contribution is -2.45. The summed E-state index contributed by atoms with van der Waals surface area (Å²) >= 11 is 0. The zero-order chi connectivity index (χ0) is 20.0. The van der Waals surface area contributed by atoms with Crippen molar-refractivity contribution in [1.82, 2.24) is 0 Å². The second-order valence-electron chi connectivity index (χ2n) is 8.56. The van der Waals surface area contributed by atoms with Crippen LogP contribution in [-0.4, -0.2) is 30.3 Å². The van der Waals surface area contributed by atoms with Crippen molar-refractivity contribution in [3.63, 3.8) is 0 Å². The number of carbonyl (C=O) groups is 3. The van der Waals surface area contributed by atoms with Crippen LogP contribution >= 0.6 is 0 Å². The minimum absolute atomic E-state index is 0.000790. The number of Topliss-reactive ketones (excluding diaryl/α,β-unsaturated/α-hetero) is 2. The largest absolute Gasteiger partial charge is 0.465 e. The van der Waals surface area contributed by atoms with E-state index in [9.17, 15) is 18.8 Å². The van der Waals surface area contributed by atoms with Gasteiger partial charge in [-0.15, -0.1) is 0 Å². The van der Waals surface area contributed by atoms with Crippen LogP contribution in [0.5, 0.6) is 0 Å². The summed E-state index contributed by atoms with van der Waals surface area (Å²) in [7, 11) is 0. The highest BCUT2D eigenvalue weighted by atomic mass is 19.1. The molecule has 0 N–H and O–H groups in total. The maximum absolute atomic E-state index is 13.6. The zero-order valence-electron chi connectivity index (χ0n) is 17.0.